The number of benzene rings is 2. The molecule has 2 aromatic carbocycles. The topological polar surface area (TPSA) is 61.7 Å². The van der Waals surface area contributed by atoms with Crippen molar-refractivity contribution >= 4 is 39.7 Å². The number of hydrogen-bond acceptors (Lipinski definition) is 5. The lowest BCUT2D eigenvalue weighted by atomic mass is 10.2. The van der Waals surface area contributed by atoms with Gasteiger partial charge in [0.1, 0.15) is 5.82 Å². The summed E-state index contributed by atoms with van der Waals surface area (Å²) in [6.07, 6.45) is 4.10. The van der Waals surface area contributed by atoms with Gasteiger partial charge >= 0.3 is 0 Å². The molecule has 2 aliphatic rings. The zero-order valence-corrected chi connectivity index (χ0v) is 19.8. The van der Waals surface area contributed by atoms with Gasteiger partial charge in [-0.3, -0.25) is 14.5 Å². The van der Waals surface area contributed by atoms with Crippen LogP contribution in [-0.2, 0) is 4.79 Å². The minimum atomic E-state index is -0.262. The van der Waals surface area contributed by atoms with Crippen molar-refractivity contribution in [3.05, 3.63) is 77.1 Å². The highest BCUT2D eigenvalue weighted by Gasteiger charge is 2.36. The third-order valence-electron chi connectivity index (χ3n) is 6.93. The molecule has 6 rings (SSSR count). The van der Waals surface area contributed by atoms with Gasteiger partial charge in [0, 0.05) is 79.7 Å². The molecule has 4 heterocycles. The second-order valence-corrected chi connectivity index (χ2v) is 9.83. The molecule has 0 radical (unpaired) electrons. The number of amides is 2. The van der Waals surface area contributed by atoms with Crippen molar-refractivity contribution in [3.63, 3.8) is 0 Å². The third-order valence-corrected chi connectivity index (χ3v) is 7.69. The van der Waals surface area contributed by atoms with Gasteiger partial charge in [-0.15, -0.1) is 11.3 Å². The van der Waals surface area contributed by atoms with Crippen molar-refractivity contribution in [1.29, 1.82) is 0 Å². The summed E-state index contributed by atoms with van der Waals surface area (Å²) in [4.78, 5) is 35.7. The molecule has 2 saturated heterocycles. The summed E-state index contributed by atoms with van der Waals surface area (Å²) in [6, 6.07) is 14.6. The number of thiazole rings is 1. The molecule has 35 heavy (non-hydrogen) atoms. The van der Waals surface area contributed by atoms with Crippen LogP contribution in [0.15, 0.2) is 66.3 Å². The van der Waals surface area contributed by atoms with Crippen molar-refractivity contribution in [2.75, 3.05) is 37.6 Å². The van der Waals surface area contributed by atoms with Crippen LogP contribution in [0.2, 0.25) is 0 Å². The molecule has 7 nitrogen and oxygen atoms in total. The minimum absolute atomic E-state index is 0.00958. The second-order valence-electron chi connectivity index (χ2n) is 8.93. The van der Waals surface area contributed by atoms with Crippen LogP contribution >= 0.6 is 11.3 Å². The Kier molecular flexibility index (Phi) is 5.58. The van der Waals surface area contributed by atoms with E-state index in [1.54, 1.807) is 18.3 Å². The molecule has 2 aliphatic heterocycles. The van der Waals surface area contributed by atoms with Crippen LogP contribution in [0, 0.1) is 5.82 Å². The van der Waals surface area contributed by atoms with Crippen LogP contribution in [0.1, 0.15) is 16.2 Å². The highest BCUT2D eigenvalue weighted by Crippen LogP contribution is 2.30. The summed E-state index contributed by atoms with van der Waals surface area (Å²) in [6.45, 7) is 3.44. The summed E-state index contributed by atoms with van der Waals surface area (Å²) in [5, 5.41) is 3.37. The average Bonchev–Trinajstić information content (AvgIpc) is 3.64. The maximum atomic E-state index is 13.3. The van der Waals surface area contributed by atoms with Crippen LogP contribution in [0.4, 0.5) is 10.1 Å². The van der Waals surface area contributed by atoms with E-state index in [-0.39, 0.29) is 23.7 Å². The van der Waals surface area contributed by atoms with E-state index < -0.39 is 0 Å². The third kappa shape index (κ3) is 4.11. The maximum absolute atomic E-state index is 13.3. The minimum Gasteiger partial charge on any atom is -0.334 e. The monoisotopic (exact) mass is 489 g/mol. The van der Waals surface area contributed by atoms with Gasteiger partial charge in [-0.25, -0.2) is 9.37 Å². The Balaban J connectivity index is 1.14. The predicted molar refractivity (Wildman–Crippen MR) is 134 cm³/mol. The highest BCUT2D eigenvalue weighted by atomic mass is 32.1. The number of anilines is 1. The smallest absolute Gasteiger partial charge is 0.282 e. The number of carbonyl (C=O) groups is 2. The van der Waals surface area contributed by atoms with E-state index in [2.05, 4.69) is 9.88 Å². The van der Waals surface area contributed by atoms with E-state index >= 15 is 0 Å². The molecular weight excluding hydrogens is 465 g/mol. The highest BCUT2D eigenvalue weighted by molar-refractivity contribution is 7.11. The van der Waals surface area contributed by atoms with E-state index in [0.717, 1.165) is 35.4 Å². The summed E-state index contributed by atoms with van der Waals surface area (Å²) in [5.41, 5.74) is 2.78. The normalized spacial score (nSPS) is 19.1. The molecule has 0 spiro atoms. The molecule has 4 aromatic rings. The molecule has 2 fully saturated rings. The van der Waals surface area contributed by atoms with E-state index in [0.29, 0.717) is 31.1 Å². The Morgan fingerprint density at radius 1 is 1.00 bits per heavy atom. The molecular formula is C26H24FN5O2S. The number of rotatable bonds is 4. The quantitative estimate of drug-likeness (QED) is 0.438. The number of carbonyl (C=O) groups excluding carboxylic acids is 2. The van der Waals surface area contributed by atoms with Gasteiger partial charge in [-0.2, -0.15) is 0 Å². The van der Waals surface area contributed by atoms with Crippen LogP contribution in [-0.4, -0.2) is 69.9 Å². The van der Waals surface area contributed by atoms with E-state index in [1.807, 2.05) is 50.2 Å². The van der Waals surface area contributed by atoms with Crippen molar-refractivity contribution in [3.8, 4) is 5.69 Å². The first-order valence-corrected chi connectivity index (χ1v) is 12.5. The summed E-state index contributed by atoms with van der Waals surface area (Å²) in [5.74, 6) is -0.152. The summed E-state index contributed by atoms with van der Waals surface area (Å²) in [7, 11) is 0. The second kappa shape index (κ2) is 8.90. The van der Waals surface area contributed by atoms with Gasteiger partial charge in [0.05, 0.1) is 5.52 Å². The fourth-order valence-corrected chi connectivity index (χ4v) is 5.66. The lowest BCUT2D eigenvalue weighted by molar-refractivity contribution is -0.117. The molecule has 2 amide bonds. The van der Waals surface area contributed by atoms with Crippen molar-refractivity contribution in [1.82, 2.24) is 19.4 Å². The molecule has 9 heteroatoms. The van der Waals surface area contributed by atoms with Crippen molar-refractivity contribution in [2.45, 2.75) is 12.5 Å². The Hall–Kier alpha value is -3.56. The number of hydrogen-bond donors (Lipinski definition) is 0. The Morgan fingerprint density at radius 3 is 2.51 bits per heavy atom. The first-order chi connectivity index (χ1) is 17.1. The molecule has 1 atom stereocenters. The number of halogens is 1. The van der Waals surface area contributed by atoms with Crippen LogP contribution in [0.5, 0.6) is 0 Å². The van der Waals surface area contributed by atoms with E-state index in [4.69, 9.17) is 0 Å². The molecule has 0 saturated carbocycles. The first kappa shape index (κ1) is 21.9. The van der Waals surface area contributed by atoms with E-state index in [1.165, 1.54) is 23.5 Å². The largest absolute Gasteiger partial charge is 0.334 e. The van der Waals surface area contributed by atoms with Gasteiger partial charge in [0.15, 0.2) is 5.01 Å². The van der Waals surface area contributed by atoms with Gasteiger partial charge in [-0.05, 0) is 48.5 Å². The van der Waals surface area contributed by atoms with Crippen molar-refractivity contribution < 1.29 is 14.0 Å². The summed E-state index contributed by atoms with van der Waals surface area (Å²) >= 11 is 1.37. The van der Waals surface area contributed by atoms with Crippen molar-refractivity contribution in [2.24, 2.45) is 0 Å². The van der Waals surface area contributed by atoms with Gasteiger partial charge in [-0.1, -0.05) is 0 Å². The van der Waals surface area contributed by atoms with Crippen LogP contribution in [0.3, 0.4) is 0 Å². The number of aromatic nitrogens is 2. The molecule has 0 aliphatic carbocycles. The zero-order chi connectivity index (χ0) is 23.9. The lowest BCUT2D eigenvalue weighted by Crippen LogP contribution is -2.52. The van der Waals surface area contributed by atoms with Gasteiger partial charge < -0.3 is 14.4 Å². The predicted octanol–water partition coefficient (Wildman–Crippen LogP) is 3.79. The van der Waals surface area contributed by atoms with E-state index in [9.17, 15) is 14.0 Å². The molecule has 178 valence electrons. The zero-order valence-electron chi connectivity index (χ0n) is 19.0. The maximum Gasteiger partial charge on any atom is 0.282 e. The summed E-state index contributed by atoms with van der Waals surface area (Å²) < 4.78 is 15.3. The fourth-order valence-electron chi connectivity index (χ4n) is 5.06. The molecule has 2 aromatic heterocycles. The SMILES string of the molecule is O=C(c1nccs1)N1CCN(C2CC(=O)N(c3ccc4c(ccn4-c4ccc(F)cc4)c3)C2)CC1. The van der Waals surface area contributed by atoms with Crippen LogP contribution < -0.4 is 4.90 Å². The van der Waals surface area contributed by atoms with Crippen LogP contribution in [0.25, 0.3) is 16.6 Å². The number of nitrogens with zero attached hydrogens (tertiary/aromatic N) is 5. The number of fused-ring (bicyclic) bond motifs is 1. The Bertz CT molecular complexity index is 1380. The van der Waals surface area contributed by atoms with Gasteiger partial charge in [0.2, 0.25) is 5.91 Å². The molecule has 1 unspecified atom stereocenters. The number of piperazine rings is 1. The Morgan fingerprint density at radius 2 is 1.77 bits per heavy atom. The molecule has 0 bridgehead atoms. The fraction of sp³-hybridized carbons (Fsp3) is 0.269. The lowest BCUT2D eigenvalue weighted by Gasteiger charge is -2.37. The Labute approximate surface area is 206 Å². The molecule has 0 N–H and O–H groups in total. The van der Waals surface area contributed by atoms with Gasteiger partial charge in [0.25, 0.3) is 5.91 Å². The first-order valence-electron chi connectivity index (χ1n) is 11.7. The average molecular weight is 490 g/mol. The standard InChI is InChI=1S/C26H24FN5O2S/c27-19-1-3-20(4-2-19)31-9-7-18-15-21(5-6-23(18)31)32-17-22(16-24(32)33)29-10-12-30(13-11-29)26(34)25-28-8-14-35-25/h1-9,14-15,22H,10-13,16-17H2.